The molecule has 0 heterocycles. The van der Waals surface area contributed by atoms with Gasteiger partial charge in [-0.05, 0) is 18.9 Å². The summed E-state index contributed by atoms with van der Waals surface area (Å²) in [6.45, 7) is 1.88. The Morgan fingerprint density at radius 1 is 1.11 bits per heavy atom. The molecule has 0 bridgehead atoms. The van der Waals surface area contributed by atoms with Gasteiger partial charge in [0.25, 0.3) is 0 Å². The third kappa shape index (κ3) is 4.21. The number of hydrogen-bond acceptors (Lipinski definition) is 2. The van der Waals surface area contributed by atoms with E-state index in [-0.39, 0.29) is 28.5 Å². The zero-order valence-corrected chi connectivity index (χ0v) is 13.3. The van der Waals surface area contributed by atoms with Gasteiger partial charge in [-0.15, -0.1) is 0 Å². The van der Waals surface area contributed by atoms with E-state index in [4.69, 9.17) is 0 Å². The average Bonchev–Trinajstić information content (AvgIpc) is 2.39. The van der Waals surface area contributed by atoms with Gasteiger partial charge in [0, 0.05) is 6.04 Å². The molecule has 0 saturated heterocycles. The summed E-state index contributed by atoms with van der Waals surface area (Å²) < 4.78 is 0. The van der Waals surface area contributed by atoms with Crippen LogP contribution in [-0.2, 0) is 16.0 Å². The van der Waals surface area contributed by atoms with Crippen LogP contribution in [0.2, 0.25) is 0 Å². The maximum Gasteiger partial charge on any atom is 0.240 e. The van der Waals surface area contributed by atoms with Crippen molar-refractivity contribution in [3.63, 3.8) is 0 Å². The highest BCUT2D eigenvalue weighted by Gasteiger charge is 2.25. The number of amides is 2. The topological polar surface area (TPSA) is 37.4 Å². The van der Waals surface area contributed by atoms with Crippen LogP contribution in [0.5, 0.6) is 0 Å². The highest BCUT2D eigenvalue weighted by atomic mass is 79.9. The highest BCUT2D eigenvalue weighted by molar-refractivity contribution is 9.09. The fraction of sp³-hybridized carbons (Fsp3) is 0.385. The third-order valence-corrected chi connectivity index (χ3v) is 3.54. The van der Waals surface area contributed by atoms with E-state index in [2.05, 4.69) is 31.9 Å². The molecule has 1 aromatic carbocycles. The third-order valence-electron chi connectivity index (χ3n) is 2.58. The van der Waals surface area contributed by atoms with Crippen LogP contribution in [0.15, 0.2) is 30.3 Å². The first-order chi connectivity index (χ1) is 8.60. The van der Waals surface area contributed by atoms with E-state index in [1.807, 2.05) is 37.3 Å². The second kappa shape index (κ2) is 7.69. The van der Waals surface area contributed by atoms with E-state index in [9.17, 15) is 9.59 Å². The average molecular weight is 377 g/mol. The molecule has 98 valence electrons. The molecular formula is C13H15Br2NO2. The van der Waals surface area contributed by atoms with Gasteiger partial charge in [-0.3, -0.25) is 14.5 Å². The Labute approximate surface area is 124 Å². The fourth-order valence-electron chi connectivity index (χ4n) is 1.81. The number of benzene rings is 1. The predicted octanol–water partition coefficient (Wildman–Crippen LogP) is 2.76. The first kappa shape index (κ1) is 15.4. The van der Waals surface area contributed by atoms with Gasteiger partial charge in [0.05, 0.1) is 10.7 Å². The maximum atomic E-state index is 11.8. The summed E-state index contributed by atoms with van der Waals surface area (Å²) in [4.78, 5) is 24.9. The zero-order valence-electron chi connectivity index (χ0n) is 10.1. The zero-order chi connectivity index (χ0) is 13.5. The Morgan fingerprint density at radius 3 is 2.06 bits per heavy atom. The lowest BCUT2D eigenvalue weighted by Crippen LogP contribution is -2.45. The molecule has 0 aromatic heterocycles. The van der Waals surface area contributed by atoms with Gasteiger partial charge in [-0.2, -0.15) is 0 Å². The van der Waals surface area contributed by atoms with Crippen LogP contribution >= 0.6 is 31.9 Å². The molecule has 5 heteroatoms. The number of halogens is 2. The molecule has 3 nitrogen and oxygen atoms in total. The summed E-state index contributed by atoms with van der Waals surface area (Å²) in [5, 5.41) is 0.315. The highest BCUT2D eigenvalue weighted by Crippen LogP contribution is 2.11. The van der Waals surface area contributed by atoms with Crippen molar-refractivity contribution >= 4 is 43.7 Å². The summed E-state index contributed by atoms with van der Waals surface area (Å²) in [5.41, 5.74) is 1.11. The molecule has 1 rings (SSSR count). The van der Waals surface area contributed by atoms with Crippen LogP contribution in [0.1, 0.15) is 12.5 Å². The molecule has 2 amide bonds. The van der Waals surface area contributed by atoms with E-state index in [0.29, 0.717) is 6.42 Å². The molecular weight excluding hydrogens is 362 g/mol. The molecule has 1 atom stereocenters. The van der Waals surface area contributed by atoms with Crippen molar-refractivity contribution in [1.29, 1.82) is 0 Å². The summed E-state index contributed by atoms with van der Waals surface area (Å²) in [5.74, 6) is -0.411. The minimum absolute atomic E-state index is 0.150. The molecule has 0 N–H and O–H groups in total. The largest absolute Gasteiger partial charge is 0.278 e. The number of carbonyl (C=O) groups is 2. The van der Waals surface area contributed by atoms with Crippen molar-refractivity contribution in [3.05, 3.63) is 35.9 Å². The Hall–Kier alpha value is -0.680. The predicted molar refractivity (Wildman–Crippen MR) is 79.0 cm³/mol. The molecule has 1 unspecified atom stereocenters. The quantitative estimate of drug-likeness (QED) is 0.741. The van der Waals surface area contributed by atoms with Gasteiger partial charge in [0.1, 0.15) is 0 Å². The smallest absolute Gasteiger partial charge is 0.240 e. The number of carbonyl (C=O) groups excluding carboxylic acids is 2. The van der Waals surface area contributed by atoms with E-state index in [1.54, 1.807) is 0 Å². The van der Waals surface area contributed by atoms with E-state index < -0.39 is 0 Å². The van der Waals surface area contributed by atoms with Crippen LogP contribution in [0.4, 0.5) is 0 Å². The summed E-state index contributed by atoms with van der Waals surface area (Å²) in [6, 6.07) is 9.68. The Kier molecular flexibility index (Phi) is 6.57. The molecule has 0 radical (unpaired) electrons. The minimum Gasteiger partial charge on any atom is -0.278 e. The summed E-state index contributed by atoms with van der Waals surface area (Å²) >= 11 is 6.22. The molecule has 1 aromatic rings. The van der Waals surface area contributed by atoms with Gasteiger partial charge in [-0.1, -0.05) is 62.2 Å². The maximum absolute atomic E-state index is 11.8. The van der Waals surface area contributed by atoms with Crippen LogP contribution < -0.4 is 0 Å². The normalized spacial score (nSPS) is 11.9. The lowest BCUT2D eigenvalue weighted by atomic mass is 10.1. The number of alkyl halides is 2. The standard InChI is InChI=1S/C13H15Br2NO2/c1-10(7-11-5-3-2-4-6-11)16(12(17)8-14)13(18)9-15/h2-6,10H,7-9H2,1H3. The first-order valence-corrected chi connectivity index (χ1v) is 7.85. The van der Waals surface area contributed by atoms with E-state index in [1.165, 1.54) is 4.90 Å². The summed E-state index contributed by atoms with van der Waals surface area (Å²) in [6.07, 6.45) is 0.665. The number of hydrogen-bond donors (Lipinski definition) is 0. The SMILES string of the molecule is CC(Cc1ccccc1)N(C(=O)CBr)C(=O)CBr. The van der Waals surface area contributed by atoms with E-state index in [0.717, 1.165) is 5.56 Å². The van der Waals surface area contributed by atoms with Crippen molar-refractivity contribution in [2.24, 2.45) is 0 Å². The van der Waals surface area contributed by atoms with Gasteiger partial charge in [-0.25, -0.2) is 0 Å². The lowest BCUT2D eigenvalue weighted by Gasteiger charge is -2.26. The molecule has 0 aliphatic rings. The van der Waals surface area contributed by atoms with Gasteiger partial charge < -0.3 is 0 Å². The second-order valence-corrected chi connectivity index (χ2v) is 5.08. The van der Waals surface area contributed by atoms with Crippen LogP contribution in [-0.4, -0.2) is 33.4 Å². The monoisotopic (exact) mass is 375 g/mol. The summed E-state index contributed by atoms with van der Waals surface area (Å²) in [7, 11) is 0. The first-order valence-electron chi connectivity index (χ1n) is 5.61. The number of imide groups is 1. The van der Waals surface area contributed by atoms with Gasteiger partial charge in [0.2, 0.25) is 11.8 Å². The van der Waals surface area contributed by atoms with Crippen molar-refractivity contribution in [2.45, 2.75) is 19.4 Å². The van der Waals surface area contributed by atoms with Crippen molar-refractivity contribution < 1.29 is 9.59 Å². The van der Waals surface area contributed by atoms with Gasteiger partial charge >= 0.3 is 0 Å². The lowest BCUT2D eigenvalue weighted by molar-refractivity contribution is -0.143. The minimum atomic E-state index is -0.206. The van der Waals surface area contributed by atoms with Crippen LogP contribution in [0.3, 0.4) is 0 Å². The van der Waals surface area contributed by atoms with Crippen molar-refractivity contribution in [1.82, 2.24) is 4.90 Å². The van der Waals surface area contributed by atoms with Crippen molar-refractivity contribution in [2.75, 3.05) is 10.7 Å². The molecule has 18 heavy (non-hydrogen) atoms. The van der Waals surface area contributed by atoms with Crippen molar-refractivity contribution in [3.8, 4) is 0 Å². The Morgan fingerprint density at radius 2 is 1.61 bits per heavy atom. The number of nitrogens with zero attached hydrogens (tertiary/aromatic N) is 1. The van der Waals surface area contributed by atoms with Crippen LogP contribution in [0, 0.1) is 0 Å². The molecule has 0 saturated carbocycles. The Balaban J connectivity index is 2.80. The molecule has 0 spiro atoms. The van der Waals surface area contributed by atoms with Crippen LogP contribution in [0.25, 0.3) is 0 Å². The van der Waals surface area contributed by atoms with E-state index >= 15 is 0 Å². The Bertz CT molecular complexity index is 393. The number of rotatable bonds is 5. The second-order valence-electron chi connectivity index (χ2n) is 3.96. The fourth-order valence-corrected chi connectivity index (χ4v) is 2.35. The molecule has 0 aliphatic heterocycles. The molecule has 0 aliphatic carbocycles. The van der Waals surface area contributed by atoms with Gasteiger partial charge in [0.15, 0.2) is 0 Å². The molecule has 0 fully saturated rings.